The molecule has 1 fully saturated rings. The van der Waals surface area contributed by atoms with Crippen LogP contribution in [0.15, 0.2) is 66.9 Å². The molecule has 40 heavy (non-hydrogen) atoms. The second-order valence-electron chi connectivity index (χ2n) is 11.3. The van der Waals surface area contributed by atoms with E-state index < -0.39 is 0 Å². The van der Waals surface area contributed by atoms with E-state index in [1.54, 1.807) is 0 Å². The van der Waals surface area contributed by atoms with Crippen LogP contribution < -0.4 is 14.5 Å². The molecule has 3 aromatic rings. The molecule has 7 heteroatoms. The number of esters is 1. The molecule has 0 spiro atoms. The standard InChI is InChI=1S/C33H42N4O3/c1-25(2)23-32(38)40-24-37-26(3)13-14-28-15-16-31(34-33(28)37)39-22-7-6-17-35-18-20-36(21-19-35)30-12-8-10-27-9-4-5-11-29(27)30/h4-5,8-12,15-16,25H,3,6-7,13-14,17-24H2,1-2H3. The van der Waals surface area contributed by atoms with E-state index in [1.807, 2.05) is 24.8 Å². The summed E-state index contributed by atoms with van der Waals surface area (Å²) in [5, 5.41) is 2.64. The Kier molecular flexibility index (Phi) is 9.22. The van der Waals surface area contributed by atoms with Crippen molar-refractivity contribution in [2.45, 2.75) is 46.0 Å². The first-order valence-electron chi connectivity index (χ1n) is 14.7. The molecule has 5 rings (SSSR count). The van der Waals surface area contributed by atoms with Gasteiger partial charge in [0.25, 0.3) is 0 Å². The van der Waals surface area contributed by atoms with Crippen LogP contribution in [0.25, 0.3) is 10.8 Å². The van der Waals surface area contributed by atoms with Crippen molar-refractivity contribution in [1.29, 1.82) is 0 Å². The van der Waals surface area contributed by atoms with Crippen LogP contribution in [0.3, 0.4) is 0 Å². The highest BCUT2D eigenvalue weighted by Gasteiger charge is 2.24. The Morgan fingerprint density at radius 2 is 1.77 bits per heavy atom. The van der Waals surface area contributed by atoms with Gasteiger partial charge in [-0.2, -0.15) is 4.98 Å². The third-order valence-electron chi connectivity index (χ3n) is 7.78. The Balaban J connectivity index is 1.06. The number of carbonyl (C=O) groups excluding carboxylic acids is 1. The van der Waals surface area contributed by atoms with E-state index >= 15 is 0 Å². The minimum Gasteiger partial charge on any atom is -0.478 e. The molecule has 0 atom stereocenters. The summed E-state index contributed by atoms with van der Waals surface area (Å²) in [5.41, 5.74) is 3.39. The molecule has 212 valence electrons. The van der Waals surface area contributed by atoms with Crippen molar-refractivity contribution < 1.29 is 14.3 Å². The first-order chi connectivity index (χ1) is 19.5. The fraction of sp³-hybridized carbons (Fsp3) is 0.455. The van der Waals surface area contributed by atoms with Gasteiger partial charge in [0.05, 0.1) is 6.61 Å². The zero-order valence-electron chi connectivity index (χ0n) is 24.0. The van der Waals surface area contributed by atoms with Gasteiger partial charge in [-0.1, -0.05) is 56.8 Å². The highest BCUT2D eigenvalue weighted by Crippen LogP contribution is 2.32. The fourth-order valence-electron chi connectivity index (χ4n) is 5.52. The summed E-state index contributed by atoms with van der Waals surface area (Å²) >= 11 is 0. The first-order valence-corrected chi connectivity index (χ1v) is 14.7. The van der Waals surface area contributed by atoms with Crippen LogP contribution in [0.2, 0.25) is 0 Å². The van der Waals surface area contributed by atoms with E-state index in [9.17, 15) is 4.79 Å². The Hall–Kier alpha value is -3.58. The number of allylic oxidation sites excluding steroid dienone is 1. The first kappa shape index (κ1) is 28.0. The number of hydrogen-bond donors (Lipinski definition) is 0. The highest BCUT2D eigenvalue weighted by molar-refractivity contribution is 5.94. The average Bonchev–Trinajstić information content (AvgIpc) is 2.96. The molecule has 2 aliphatic heterocycles. The van der Waals surface area contributed by atoms with Crippen LogP contribution in [0.4, 0.5) is 11.5 Å². The van der Waals surface area contributed by atoms with E-state index in [0.717, 1.165) is 75.5 Å². The lowest BCUT2D eigenvalue weighted by atomic mass is 10.0. The lowest BCUT2D eigenvalue weighted by molar-refractivity contribution is -0.144. The van der Waals surface area contributed by atoms with Crippen LogP contribution in [-0.2, 0) is 16.0 Å². The van der Waals surface area contributed by atoms with Crippen molar-refractivity contribution in [2.75, 3.05) is 55.9 Å². The number of anilines is 2. The third-order valence-corrected chi connectivity index (χ3v) is 7.78. The van der Waals surface area contributed by atoms with E-state index in [4.69, 9.17) is 14.5 Å². The maximum Gasteiger partial charge on any atom is 0.307 e. The molecular formula is C33H42N4O3. The van der Waals surface area contributed by atoms with Gasteiger partial charge in [0.1, 0.15) is 5.82 Å². The minimum absolute atomic E-state index is 0.140. The number of piperazine rings is 1. The Morgan fingerprint density at radius 3 is 2.60 bits per heavy atom. The number of unbranched alkanes of at least 4 members (excludes halogenated alkanes) is 1. The topological polar surface area (TPSA) is 58.1 Å². The third kappa shape index (κ3) is 6.94. The van der Waals surface area contributed by atoms with Gasteiger partial charge >= 0.3 is 5.97 Å². The SMILES string of the molecule is C=C1CCc2ccc(OCCCCN3CCN(c4cccc5ccccc45)CC3)nc2N1COC(=O)CC(C)C. The van der Waals surface area contributed by atoms with Crippen molar-refractivity contribution in [2.24, 2.45) is 5.92 Å². The molecule has 0 N–H and O–H groups in total. The van der Waals surface area contributed by atoms with Crippen LogP contribution in [0.5, 0.6) is 5.88 Å². The van der Waals surface area contributed by atoms with Crippen molar-refractivity contribution in [3.8, 4) is 5.88 Å². The van der Waals surface area contributed by atoms with Crippen molar-refractivity contribution >= 4 is 28.2 Å². The fourth-order valence-corrected chi connectivity index (χ4v) is 5.52. The Morgan fingerprint density at radius 1 is 0.975 bits per heavy atom. The summed E-state index contributed by atoms with van der Waals surface area (Å²) in [4.78, 5) is 23.8. The summed E-state index contributed by atoms with van der Waals surface area (Å²) < 4.78 is 11.6. The minimum atomic E-state index is -0.197. The molecule has 2 aliphatic rings. The summed E-state index contributed by atoms with van der Waals surface area (Å²) in [6, 6.07) is 19.3. The molecule has 0 unspecified atom stereocenters. The van der Waals surface area contributed by atoms with Gasteiger partial charge in [0.15, 0.2) is 6.73 Å². The number of hydrogen-bond acceptors (Lipinski definition) is 7. The molecule has 7 nitrogen and oxygen atoms in total. The van der Waals surface area contributed by atoms with Gasteiger partial charge in [0.2, 0.25) is 5.88 Å². The van der Waals surface area contributed by atoms with Gasteiger partial charge in [-0.05, 0) is 61.2 Å². The van der Waals surface area contributed by atoms with E-state index in [0.29, 0.717) is 18.9 Å². The lowest BCUT2D eigenvalue weighted by Crippen LogP contribution is -2.46. The average molecular weight is 543 g/mol. The molecule has 1 saturated heterocycles. The maximum atomic E-state index is 12.1. The van der Waals surface area contributed by atoms with Gasteiger partial charge in [0, 0.05) is 55.4 Å². The smallest absolute Gasteiger partial charge is 0.307 e. The summed E-state index contributed by atoms with van der Waals surface area (Å²) in [5.74, 6) is 1.46. The predicted molar refractivity (Wildman–Crippen MR) is 162 cm³/mol. The summed E-state index contributed by atoms with van der Waals surface area (Å²) in [7, 11) is 0. The maximum absolute atomic E-state index is 12.1. The van der Waals surface area contributed by atoms with Crippen LogP contribution in [0.1, 0.15) is 45.1 Å². The van der Waals surface area contributed by atoms with Gasteiger partial charge in [-0.25, -0.2) is 0 Å². The largest absolute Gasteiger partial charge is 0.478 e. The van der Waals surface area contributed by atoms with Gasteiger partial charge in [-0.3, -0.25) is 14.6 Å². The van der Waals surface area contributed by atoms with Gasteiger partial charge in [-0.15, -0.1) is 0 Å². The molecular weight excluding hydrogens is 500 g/mol. The van der Waals surface area contributed by atoms with Crippen LogP contribution in [-0.4, -0.2) is 61.9 Å². The number of fused-ring (bicyclic) bond motifs is 2. The number of pyridine rings is 1. The second kappa shape index (κ2) is 13.2. The quantitative estimate of drug-likeness (QED) is 0.217. The normalized spacial score (nSPS) is 15.9. The van der Waals surface area contributed by atoms with Crippen molar-refractivity contribution in [1.82, 2.24) is 9.88 Å². The lowest BCUT2D eigenvalue weighted by Gasteiger charge is -2.36. The van der Waals surface area contributed by atoms with Crippen LogP contribution >= 0.6 is 0 Å². The summed E-state index contributed by atoms with van der Waals surface area (Å²) in [6.07, 6.45) is 4.18. The molecule has 0 bridgehead atoms. The van der Waals surface area contributed by atoms with Crippen molar-refractivity contribution in [3.63, 3.8) is 0 Å². The molecule has 0 saturated carbocycles. The van der Waals surface area contributed by atoms with E-state index in [2.05, 4.69) is 64.9 Å². The molecule has 2 aromatic carbocycles. The predicted octanol–water partition coefficient (Wildman–Crippen LogP) is 6.03. The van der Waals surface area contributed by atoms with E-state index in [1.165, 1.54) is 16.5 Å². The van der Waals surface area contributed by atoms with Crippen LogP contribution in [0, 0.1) is 5.92 Å². The number of nitrogens with zero attached hydrogens (tertiary/aromatic N) is 4. The second-order valence-corrected chi connectivity index (χ2v) is 11.3. The highest BCUT2D eigenvalue weighted by atomic mass is 16.5. The monoisotopic (exact) mass is 542 g/mol. The molecule has 0 amide bonds. The number of carbonyl (C=O) groups is 1. The number of benzene rings is 2. The van der Waals surface area contributed by atoms with Gasteiger partial charge < -0.3 is 14.4 Å². The Bertz CT molecular complexity index is 1310. The molecule has 0 radical (unpaired) electrons. The zero-order valence-corrected chi connectivity index (χ0v) is 24.0. The summed E-state index contributed by atoms with van der Waals surface area (Å²) in [6.45, 7) is 14.3. The Labute approximate surface area is 238 Å². The number of aromatic nitrogens is 1. The molecule has 0 aliphatic carbocycles. The molecule has 3 heterocycles. The number of rotatable bonds is 11. The van der Waals surface area contributed by atoms with Crippen molar-refractivity contribution in [3.05, 3.63) is 72.4 Å². The van der Waals surface area contributed by atoms with E-state index in [-0.39, 0.29) is 18.6 Å². The zero-order chi connectivity index (χ0) is 27.9. The molecule has 1 aromatic heterocycles. The number of ether oxygens (including phenoxy) is 2. The number of aryl methyl sites for hydroxylation is 1.